The Bertz CT molecular complexity index is 408. The summed E-state index contributed by atoms with van der Waals surface area (Å²) in [5.41, 5.74) is -0.166. The molecule has 1 aliphatic carbocycles. The van der Waals surface area contributed by atoms with Gasteiger partial charge < -0.3 is 19.3 Å². The molecule has 5 nitrogen and oxygen atoms in total. The van der Waals surface area contributed by atoms with E-state index >= 15 is 0 Å². The van der Waals surface area contributed by atoms with E-state index in [1.54, 1.807) is 13.0 Å². The lowest BCUT2D eigenvalue weighted by molar-refractivity contribution is -0.144. The summed E-state index contributed by atoms with van der Waals surface area (Å²) >= 11 is 0. The van der Waals surface area contributed by atoms with Gasteiger partial charge in [-0.3, -0.25) is 4.79 Å². The van der Waals surface area contributed by atoms with Crippen LogP contribution < -0.4 is 0 Å². The van der Waals surface area contributed by atoms with Crippen molar-refractivity contribution >= 4 is 5.97 Å². The van der Waals surface area contributed by atoms with Gasteiger partial charge in [-0.05, 0) is 6.92 Å². The smallest absolute Gasteiger partial charge is 0.320 e. The molecule has 1 N–H and O–H groups in total. The standard InChI is InChI=1S/C13H18O5/c1-13(15)7-18-6-9-10(13)5-4-8(11(9)16-2)12(14)17-3/h4-5,8,10,15H,6-7H2,1-3H3/t8?,10-,13-/m1/s1. The maximum Gasteiger partial charge on any atom is 0.320 e. The molecule has 0 amide bonds. The first-order valence-electron chi connectivity index (χ1n) is 5.84. The molecule has 2 rings (SSSR count). The van der Waals surface area contributed by atoms with Crippen LogP contribution in [-0.4, -0.2) is 44.1 Å². The first-order valence-corrected chi connectivity index (χ1v) is 5.84. The number of methoxy groups -OCH3 is 2. The highest BCUT2D eigenvalue weighted by atomic mass is 16.5. The third-order valence-electron chi connectivity index (χ3n) is 3.47. The van der Waals surface area contributed by atoms with Crippen molar-refractivity contribution in [2.45, 2.75) is 12.5 Å². The number of rotatable bonds is 2. The third kappa shape index (κ3) is 2.04. The molecule has 0 bridgehead atoms. The maximum atomic E-state index is 11.7. The highest BCUT2D eigenvalue weighted by Gasteiger charge is 2.43. The molecule has 0 spiro atoms. The summed E-state index contributed by atoms with van der Waals surface area (Å²) in [5.74, 6) is -0.584. The van der Waals surface area contributed by atoms with Crippen molar-refractivity contribution in [3.8, 4) is 0 Å². The van der Waals surface area contributed by atoms with Gasteiger partial charge in [0.25, 0.3) is 0 Å². The van der Waals surface area contributed by atoms with E-state index in [2.05, 4.69) is 0 Å². The van der Waals surface area contributed by atoms with E-state index in [4.69, 9.17) is 14.2 Å². The van der Waals surface area contributed by atoms with Gasteiger partial charge in [0.05, 0.1) is 33.0 Å². The van der Waals surface area contributed by atoms with E-state index in [1.165, 1.54) is 14.2 Å². The Kier molecular flexibility index (Phi) is 3.45. The third-order valence-corrected chi connectivity index (χ3v) is 3.47. The van der Waals surface area contributed by atoms with E-state index in [0.29, 0.717) is 12.4 Å². The molecular weight excluding hydrogens is 236 g/mol. The van der Waals surface area contributed by atoms with Crippen molar-refractivity contribution in [1.82, 2.24) is 0 Å². The van der Waals surface area contributed by atoms with Gasteiger partial charge in [0, 0.05) is 11.5 Å². The summed E-state index contributed by atoms with van der Waals surface area (Å²) in [6.45, 7) is 2.35. The minimum absolute atomic E-state index is 0.179. The largest absolute Gasteiger partial charge is 0.500 e. The Balaban J connectivity index is 2.39. The molecule has 2 aliphatic rings. The van der Waals surface area contributed by atoms with Crippen LogP contribution in [0.1, 0.15) is 6.92 Å². The van der Waals surface area contributed by atoms with Crippen LogP contribution in [-0.2, 0) is 19.0 Å². The Morgan fingerprint density at radius 3 is 2.83 bits per heavy atom. The summed E-state index contributed by atoms with van der Waals surface area (Å²) in [7, 11) is 2.85. The van der Waals surface area contributed by atoms with E-state index in [9.17, 15) is 9.90 Å². The molecule has 0 aromatic heterocycles. The molecule has 0 aromatic carbocycles. The minimum Gasteiger partial charge on any atom is -0.500 e. The summed E-state index contributed by atoms with van der Waals surface area (Å²) < 4.78 is 15.4. The van der Waals surface area contributed by atoms with Gasteiger partial charge in [0.15, 0.2) is 0 Å². The van der Waals surface area contributed by atoms with Crippen LogP contribution >= 0.6 is 0 Å². The van der Waals surface area contributed by atoms with Crippen LogP contribution in [0.15, 0.2) is 23.5 Å². The van der Waals surface area contributed by atoms with Gasteiger partial charge in [0.1, 0.15) is 11.7 Å². The van der Waals surface area contributed by atoms with Gasteiger partial charge in [-0.25, -0.2) is 0 Å². The second-order valence-corrected chi connectivity index (χ2v) is 4.81. The number of hydrogen-bond acceptors (Lipinski definition) is 5. The fraction of sp³-hybridized carbons (Fsp3) is 0.615. The molecular formula is C13H18O5. The quantitative estimate of drug-likeness (QED) is 0.579. The Labute approximate surface area is 106 Å². The molecule has 1 saturated heterocycles. The lowest BCUT2D eigenvalue weighted by Gasteiger charge is -2.40. The summed E-state index contributed by atoms with van der Waals surface area (Å²) in [6, 6.07) is 0. The zero-order chi connectivity index (χ0) is 13.3. The second kappa shape index (κ2) is 4.74. The molecule has 0 aromatic rings. The van der Waals surface area contributed by atoms with Crippen LogP contribution in [0.5, 0.6) is 0 Å². The van der Waals surface area contributed by atoms with Gasteiger partial charge >= 0.3 is 5.97 Å². The number of esters is 1. The Morgan fingerprint density at radius 1 is 1.50 bits per heavy atom. The number of fused-ring (bicyclic) bond motifs is 1. The summed E-state index contributed by atoms with van der Waals surface area (Å²) in [6.07, 6.45) is 3.56. The SMILES string of the molecule is COC(=O)C1C=C[C@@H]2C(=C1OC)COC[C@@]2(C)O. The lowest BCUT2D eigenvalue weighted by Crippen LogP contribution is -2.46. The molecule has 0 radical (unpaired) electrons. The molecule has 1 fully saturated rings. The predicted octanol–water partition coefficient (Wildman–Crippen LogP) is 0.643. The first kappa shape index (κ1) is 13.1. The molecule has 18 heavy (non-hydrogen) atoms. The number of carbonyl (C=O) groups is 1. The Hall–Kier alpha value is -1.33. The van der Waals surface area contributed by atoms with E-state index < -0.39 is 11.5 Å². The molecule has 0 saturated carbocycles. The number of carbonyl (C=O) groups excluding carboxylic acids is 1. The lowest BCUT2D eigenvalue weighted by atomic mass is 9.76. The van der Waals surface area contributed by atoms with Crippen LogP contribution in [0.3, 0.4) is 0 Å². The molecule has 1 unspecified atom stereocenters. The van der Waals surface area contributed by atoms with Gasteiger partial charge in [-0.15, -0.1) is 0 Å². The summed E-state index contributed by atoms with van der Waals surface area (Å²) in [4.78, 5) is 11.7. The number of aliphatic hydroxyl groups is 1. The van der Waals surface area contributed by atoms with Gasteiger partial charge in [-0.2, -0.15) is 0 Å². The molecule has 1 aliphatic heterocycles. The zero-order valence-electron chi connectivity index (χ0n) is 10.8. The van der Waals surface area contributed by atoms with Crippen molar-refractivity contribution in [3.63, 3.8) is 0 Å². The van der Waals surface area contributed by atoms with E-state index in [1.807, 2.05) is 6.08 Å². The van der Waals surface area contributed by atoms with Crippen molar-refractivity contribution in [2.75, 3.05) is 27.4 Å². The van der Waals surface area contributed by atoms with Gasteiger partial charge in [0.2, 0.25) is 0 Å². The molecule has 100 valence electrons. The number of ether oxygens (including phenoxy) is 3. The average Bonchev–Trinajstić information content (AvgIpc) is 2.36. The fourth-order valence-corrected chi connectivity index (χ4v) is 2.55. The van der Waals surface area contributed by atoms with E-state index in [-0.39, 0.29) is 18.5 Å². The molecule has 3 atom stereocenters. The minimum atomic E-state index is -0.977. The average molecular weight is 254 g/mol. The van der Waals surface area contributed by atoms with Crippen LogP contribution in [0.25, 0.3) is 0 Å². The maximum absolute atomic E-state index is 11.7. The molecule has 1 heterocycles. The molecule has 5 heteroatoms. The predicted molar refractivity (Wildman–Crippen MR) is 63.6 cm³/mol. The summed E-state index contributed by atoms with van der Waals surface area (Å²) in [5, 5.41) is 10.3. The van der Waals surface area contributed by atoms with Crippen LogP contribution in [0, 0.1) is 11.8 Å². The Morgan fingerprint density at radius 2 is 2.22 bits per heavy atom. The monoisotopic (exact) mass is 254 g/mol. The van der Waals surface area contributed by atoms with Crippen LogP contribution in [0.2, 0.25) is 0 Å². The highest BCUT2D eigenvalue weighted by molar-refractivity contribution is 5.78. The fourth-order valence-electron chi connectivity index (χ4n) is 2.55. The van der Waals surface area contributed by atoms with Gasteiger partial charge in [-0.1, -0.05) is 12.2 Å². The van der Waals surface area contributed by atoms with E-state index in [0.717, 1.165) is 5.57 Å². The second-order valence-electron chi connectivity index (χ2n) is 4.81. The number of hydrogen-bond donors (Lipinski definition) is 1. The zero-order valence-corrected chi connectivity index (χ0v) is 10.8. The van der Waals surface area contributed by atoms with Crippen molar-refractivity contribution in [2.24, 2.45) is 11.8 Å². The first-order chi connectivity index (χ1) is 8.51. The van der Waals surface area contributed by atoms with Crippen molar-refractivity contribution in [1.29, 1.82) is 0 Å². The highest BCUT2D eigenvalue weighted by Crippen LogP contribution is 2.39. The normalized spacial score (nSPS) is 35.1. The van der Waals surface area contributed by atoms with Crippen LogP contribution in [0.4, 0.5) is 0 Å². The topological polar surface area (TPSA) is 65.0 Å². The van der Waals surface area contributed by atoms with Crippen molar-refractivity contribution in [3.05, 3.63) is 23.5 Å². The van der Waals surface area contributed by atoms with Crippen molar-refractivity contribution < 1.29 is 24.1 Å².